The summed E-state index contributed by atoms with van der Waals surface area (Å²) in [5.74, 6) is 2.43. The first kappa shape index (κ1) is 114. The van der Waals surface area contributed by atoms with Gasteiger partial charge >= 0.3 is 0 Å². The van der Waals surface area contributed by atoms with Gasteiger partial charge in [-0.2, -0.15) is 0 Å². The molecule has 0 aromatic heterocycles. The Labute approximate surface area is 682 Å². The highest BCUT2D eigenvalue weighted by atomic mass is 16.3. The summed E-state index contributed by atoms with van der Waals surface area (Å²) in [4.78, 5) is 84.8. The van der Waals surface area contributed by atoms with Crippen LogP contribution in [0.3, 0.4) is 0 Å². The molecule has 0 saturated carbocycles. The van der Waals surface area contributed by atoms with Crippen LogP contribution in [0.25, 0.3) is 0 Å². The van der Waals surface area contributed by atoms with Gasteiger partial charge in [0.15, 0.2) is 6.29 Å². The van der Waals surface area contributed by atoms with Crippen LogP contribution in [0.1, 0.15) is 415 Å². The van der Waals surface area contributed by atoms with Crippen molar-refractivity contribution in [1.29, 1.82) is 0 Å². The van der Waals surface area contributed by atoms with Crippen molar-refractivity contribution in [3.05, 3.63) is 0 Å². The lowest BCUT2D eigenvalue weighted by Crippen LogP contribution is -2.64. The Bertz CT molecular complexity index is 2630. The van der Waals surface area contributed by atoms with E-state index in [0.717, 1.165) is 0 Å². The van der Waals surface area contributed by atoms with Crippen molar-refractivity contribution in [2.75, 3.05) is 0 Å². The Morgan fingerprint density at radius 3 is 0.473 bits per heavy atom. The van der Waals surface area contributed by atoms with Crippen LogP contribution in [0.2, 0.25) is 0 Å². The van der Waals surface area contributed by atoms with Gasteiger partial charge in [0, 0.05) is 82.6 Å². The van der Waals surface area contributed by atoms with Gasteiger partial charge in [0.1, 0.15) is 0 Å². The summed E-state index contributed by atoms with van der Waals surface area (Å²) < 4.78 is 0. The maximum absolute atomic E-state index is 12.5. The van der Waals surface area contributed by atoms with E-state index >= 15 is 0 Å². The van der Waals surface area contributed by atoms with Crippen LogP contribution in [-0.4, -0.2) is 167 Å². The van der Waals surface area contributed by atoms with E-state index in [4.69, 9.17) is 20.0 Å². The zero-order chi connectivity index (χ0) is 90.7. The van der Waals surface area contributed by atoms with Gasteiger partial charge in [0.25, 0.3) is 0 Å². The highest BCUT2D eigenvalue weighted by molar-refractivity contribution is 6.02. The molecule has 110 heavy (non-hydrogen) atoms. The molecule has 0 heterocycles. The van der Waals surface area contributed by atoms with Crippen molar-refractivity contribution in [2.45, 2.75) is 505 Å². The molecule has 0 aliphatic rings. The molecule has 0 aliphatic carbocycles. The van der Waals surface area contributed by atoms with E-state index in [0.29, 0.717) is 23.8 Å². The van der Waals surface area contributed by atoms with E-state index in [-0.39, 0.29) is 119 Å². The smallest absolute Gasteiger partial charge is 0.232 e. The van der Waals surface area contributed by atoms with Gasteiger partial charge in [-0.15, -0.1) is 0 Å². The second kappa shape index (κ2) is 38.3. The van der Waals surface area contributed by atoms with E-state index in [1.807, 2.05) is 187 Å². The van der Waals surface area contributed by atoms with Crippen molar-refractivity contribution in [1.82, 2.24) is 51.1 Å². The minimum absolute atomic E-state index is 0.0194. The SMILES string of the molecule is CC(C)(C)N=C(NC(=O)C(C)(C)C)N(C(C)(C)C)C(C)(C)C.CC(C)(C)N=C(NC(=O)C(C)(C)C)N(C(C)(C)C)C(C)(C)C.CC(C)(C)N=C(NC(=O)C(C)(C)C)N(C(C)(C)C)C(C)(C)C.CC(C)(C)N=C(NC(=O)C(C)(C)C)N(C(C)(C)C)C(C)(C)C.CC(C)(C)NC(N=C([O-])C(C)(C)C)N(C(C)(C)C)C(C)(C)C. The van der Waals surface area contributed by atoms with Crippen molar-refractivity contribution >= 4 is 53.4 Å². The number of rotatable bonds is 3. The molecule has 652 valence electrons. The average molecular weight is 1560 g/mol. The number of carbonyl (C=O) groups is 4. The van der Waals surface area contributed by atoms with E-state index in [2.05, 4.69) is 285 Å². The van der Waals surface area contributed by atoms with Crippen LogP contribution >= 0.6 is 0 Å². The maximum atomic E-state index is 12.5. The predicted octanol–water partition coefficient (Wildman–Crippen LogP) is 20.2. The highest BCUT2D eigenvalue weighted by Crippen LogP contribution is 2.34. The predicted molar refractivity (Wildman–Crippen MR) is 479 cm³/mol. The quantitative estimate of drug-likeness (QED) is 0.101. The van der Waals surface area contributed by atoms with Gasteiger partial charge in [0.05, 0.1) is 22.2 Å². The van der Waals surface area contributed by atoms with Crippen molar-refractivity contribution < 1.29 is 24.3 Å². The molecule has 4 amide bonds. The standard InChI is InChI=1S/C18H39N3O.4C18H37N3O/c5*1-15(2,3)13(22)19-14(20-16(4,5)6)21(17(7,8)9)18(10,11)12/h14,20H,1-12H3,(H,19,22);4*1-12H3,(H,19,20,22)/p-1. The molecule has 0 saturated heterocycles. The number of guanidine groups is 4. The molecule has 0 radical (unpaired) electrons. The molecule has 0 spiro atoms. The minimum Gasteiger partial charge on any atom is -0.862 e. The first-order chi connectivity index (χ1) is 46.8. The number of nitrogens with zero attached hydrogens (tertiary/aromatic N) is 10. The van der Waals surface area contributed by atoms with Gasteiger partial charge in [-0.3, -0.25) is 55.7 Å². The Balaban J connectivity index is -0.000000418. The lowest BCUT2D eigenvalue weighted by atomic mass is 9.94. The fourth-order valence-corrected chi connectivity index (χ4v) is 12.1. The van der Waals surface area contributed by atoms with Gasteiger partial charge in [-0.05, 0) is 323 Å². The molecule has 0 aromatic carbocycles. The van der Waals surface area contributed by atoms with E-state index in [9.17, 15) is 24.3 Å². The largest absolute Gasteiger partial charge is 0.862 e. The number of nitrogens with one attached hydrogen (secondary N) is 5. The molecular weight excluding hydrogens is 1370 g/mol. The van der Waals surface area contributed by atoms with Gasteiger partial charge in [-0.25, -0.2) is 20.0 Å². The van der Waals surface area contributed by atoms with E-state index < -0.39 is 27.1 Å². The first-order valence-corrected chi connectivity index (χ1v) is 40.5. The van der Waals surface area contributed by atoms with Gasteiger partial charge in [0.2, 0.25) is 47.5 Å². The summed E-state index contributed by atoms with van der Waals surface area (Å²) in [7, 11) is 0. The van der Waals surface area contributed by atoms with Crippen LogP contribution in [0, 0.1) is 27.1 Å². The second-order valence-electron chi connectivity index (χ2n) is 50.1. The number of aliphatic imine (C=N–C) groups is 5. The Morgan fingerprint density at radius 1 is 0.236 bits per heavy atom. The van der Waals surface area contributed by atoms with Crippen LogP contribution in [0.5, 0.6) is 0 Å². The lowest BCUT2D eigenvalue weighted by molar-refractivity contribution is -0.230. The van der Waals surface area contributed by atoms with Crippen LogP contribution in [-0.2, 0) is 19.2 Å². The normalized spacial score (nSPS) is 15.3. The summed E-state index contributed by atoms with van der Waals surface area (Å²) in [6, 6.07) is 0. The zero-order valence-electron chi connectivity index (χ0n) is 84.1. The molecule has 1 unspecified atom stereocenters. The number of carbonyl (C=O) groups excluding carboxylic acids is 4. The van der Waals surface area contributed by atoms with Crippen molar-refractivity contribution in [3.63, 3.8) is 0 Å². The third-order valence-electron chi connectivity index (χ3n) is 14.7. The maximum Gasteiger partial charge on any atom is 0.232 e. The molecule has 20 heteroatoms. The molecule has 0 aromatic rings. The summed E-state index contributed by atoms with van der Waals surface area (Å²) in [5, 5.41) is 28.3. The third kappa shape index (κ3) is 47.7. The summed E-state index contributed by atoms with van der Waals surface area (Å²) in [6.07, 6.45) is -0.355. The van der Waals surface area contributed by atoms with E-state index in [1.165, 1.54) is 0 Å². The lowest BCUT2D eigenvalue weighted by Gasteiger charge is -2.50. The molecule has 20 nitrogen and oxygen atoms in total. The molecule has 0 aliphatic heterocycles. The second-order valence-corrected chi connectivity index (χ2v) is 50.1. The summed E-state index contributed by atoms with van der Waals surface area (Å²) >= 11 is 0. The zero-order valence-corrected chi connectivity index (χ0v) is 84.1. The Hall–Kier alpha value is -4.85. The monoisotopic (exact) mass is 1560 g/mol. The summed E-state index contributed by atoms with van der Waals surface area (Å²) in [6.45, 7) is 124. The fraction of sp³-hybridized carbons (Fsp3) is 0.900. The Kier molecular flexibility index (Phi) is 39.6. The number of amides is 4. The Morgan fingerprint density at radius 2 is 0.382 bits per heavy atom. The molecular formula is C90H186N15O5-. The van der Waals surface area contributed by atoms with Gasteiger partial charge < -0.3 is 24.7 Å². The first-order valence-electron chi connectivity index (χ1n) is 40.5. The molecule has 0 rings (SSSR count). The third-order valence-corrected chi connectivity index (χ3v) is 14.7. The molecule has 0 fully saturated rings. The fourth-order valence-electron chi connectivity index (χ4n) is 12.1. The van der Waals surface area contributed by atoms with Crippen molar-refractivity contribution in [2.24, 2.45) is 52.0 Å². The number of hydrogen-bond donors (Lipinski definition) is 5. The van der Waals surface area contributed by atoms with Crippen LogP contribution in [0.15, 0.2) is 25.0 Å². The molecule has 5 N–H and O–H groups in total. The van der Waals surface area contributed by atoms with Crippen LogP contribution < -0.4 is 31.7 Å². The molecule has 1 atom stereocenters. The van der Waals surface area contributed by atoms with Crippen LogP contribution in [0.4, 0.5) is 0 Å². The minimum atomic E-state index is -0.473. The number of hydrogen-bond acceptors (Lipinski definition) is 12. The average Bonchev–Trinajstić information content (AvgIpc) is 0.816. The topological polar surface area (TPSA) is 229 Å². The van der Waals surface area contributed by atoms with E-state index in [1.54, 1.807) is 0 Å². The summed E-state index contributed by atoms with van der Waals surface area (Å²) in [5.41, 5.74) is -5.04. The highest BCUT2D eigenvalue weighted by Gasteiger charge is 2.44. The van der Waals surface area contributed by atoms with Gasteiger partial charge in [-0.1, -0.05) is 104 Å². The van der Waals surface area contributed by atoms with Crippen molar-refractivity contribution in [3.8, 4) is 0 Å². The molecule has 0 bridgehead atoms.